The molecule has 0 saturated heterocycles. The predicted molar refractivity (Wildman–Crippen MR) is 96.5 cm³/mol. The van der Waals surface area contributed by atoms with Crippen molar-refractivity contribution in [3.8, 4) is 17.0 Å². The molecule has 0 amide bonds. The molecule has 1 aromatic carbocycles. The van der Waals surface area contributed by atoms with Crippen LogP contribution in [0.1, 0.15) is 12.8 Å². The maximum Gasteiger partial charge on any atom is 0.213 e. The van der Waals surface area contributed by atoms with Gasteiger partial charge < -0.3 is 14.8 Å². The number of nitrogens with one attached hydrogen (secondary N) is 1. The van der Waals surface area contributed by atoms with Crippen LogP contribution in [0.4, 0.5) is 0 Å². The van der Waals surface area contributed by atoms with E-state index in [1.165, 1.54) is 5.39 Å². The van der Waals surface area contributed by atoms with E-state index in [4.69, 9.17) is 4.74 Å². The number of hydrogen-bond acceptors (Lipinski definition) is 4. The van der Waals surface area contributed by atoms with Crippen LogP contribution in [-0.4, -0.2) is 32.3 Å². The molecule has 3 heterocycles. The molecule has 0 atom stereocenters. The van der Waals surface area contributed by atoms with E-state index in [1.54, 1.807) is 6.20 Å². The van der Waals surface area contributed by atoms with Crippen LogP contribution in [0, 0.1) is 0 Å². The van der Waals surface area contributed by atoms with E-state index in [1.807, 2.05) is 30.6 Å². The van der Waals surface area contributed by atoms with Gasteiger partial charge in [-0.15, -0.1) is 0 Å². The van der Waals surface area contributed by atoms with Crippen LogP contribution in [0.25, 0.3) is 32.9 Å². The summed E-state index contributed by atoms with van der Waals surface area (Å²) in [5.41, 5.74) is 4.32. The standard InChI is InChI=1S/C20H17N3O2/c24-14-8-15(9-14)25-20-4-2-13(10-22-20)12-1-3-16-17-11-21-6-5-18(17)23-19(16)7-12/h1-7,10-11,14-15,23-24H,8-9H2/t14-,15-. The molecule has 0 unspecified atom stereocenters. The summed E-state index contributed by atoms with van der Waals surface area (Å²) in [4.78, 5) is 12.0. The number of aromatic nitrogens is 3. The van der Waals surface area contributed by atoms with Gasteiger partial charge in [-0.05, 0) is 23.8 Å². The van der Waals surface area contributed by atoms with Crippen LogP contribution in [-0.2, 0) is 0 Å². The van der Waals surface area contributed by atoms with Gasteiger partial charge >= 0.3 is 0 Å². The highest BCUT2D eigenvalue weighted by molar-refractivity contribution is 6.07. The zero-order valence-electron chi connectivity index (χ0n) is 13.5. The Labute approximate surface area is 144 Å². The van der Waals surface area contributed by atoms with Gasteiger partial charge in [0, 0.05) is 64.9 Å². The summed E-state index contributed by atoms with van der Waals surface area (Å²) in [5.74, 6) is 0.610. The second-order valence-corrected chi connectivity index (χ2v) is 6.56. The first kappa shape index (κ1) is 14.4. The molecule has 4 aromatic rings. The summed E-state index contributed by atoms with van der Waals surface area (Å²) >= 11 is 0. The maximum atomic E-state index is 9.32. The number of H-pyrrole nitrogens is 1. The Balaban J connectivity index is 1.45. The van der Waals surface area contributed by atoms with Crippen LogP contribution < -0.4 is 4.74 Å². The van der Waals surface area contributed by atoms with Gasteiger partial charge in [0.15, 0.2) is 0 Å². The summed E-state index contributed by atoms with van der Waals surface area (Å²) in [6.45, 7) is 0. The molecule has 1 aliphatic carbocycles. The van der Waals surface area contributed by atoms with Crippen molar-refractivity contribution in [2.45, 2.75) is 25.0 Å². The number of aliphatic hydroxyl groups is 1. The molecular weight excluding hydrogens is 314 g/mol. The number of nitrogens with zero attached hydrogens (tertiary/aromatic N) is 2. The molecule has 5 heteroatoms. The lowest BCUT2D eigenvalue weighted by Crippen LogP contribution is -2.37. The van der Waals surface area contributed by atoms with Crippen LogP contribution in [0.15, 0.2) is 55.0 Å². The summed E-state index contributed by atoms with van der Waals surface area (Å²) < 4.78 is 5.74. The Kier molecular flexibility index (Phi) is 3.21. The quantitative estimate of drug-likeness (QED) is 0.601. The Morgan fingerprint density at radius 1 is 0.960 bits per heavy atom. The van der Waals surface area contributed by atoms with Gasteiger partial charge in [-0.25, -0.2) is 4.98 Å². The molecule has 0 spiro atoms. The van der Waals surface area contributed by atoms with Gasteiger partial charge in [0.1, 0.15) is 6.10 Å². The zero-order chi connectivity index (χ0) is 16.8. The summed E-state index contributed by atoms with van der Waals surface area (Å²) in [6, 6.07) is 12.2. The molecule has 25 heavy (non-hydrogen) atoms. The zero-order valence-corrected chi connectivity index (χ0v) is 13.5. The van der Waals surface area contributed by atoms with E-state index in [2.05, 4.69) is 33.2 Å². The second-order valence-electron chi connectivity index (χ2n) is 6.56. The Bertz CT molecular complexity index is 1050. The van der Waals surface area contributed by atoms with Crippen molar-refractivity contribution >= 4 is 21.8 Å². The summed E-state index contributed by atoms with van der Waals surface area (Å²) in [7, 11) is 0. The minimum Gasteiger partial charge on any atom is -0.474 e. The lowest BCUT2D eigenvalue weighted by Gasteiger charge is -2.31. The lowest BCUT2D eigenvalue weighted by atomic mass is 9.92. The van der Waals surface area contributed by atoms with E-state index in [9.17, 15) is 5.11 Å². The van der Waals surface area contributed by atoms with E-state index < -0.39 is 0 Å². The third-order valence-electron chi connectivity index (χ3n) is 4.83. The fourth-order valence-electron chi connectivity index (χ4n) is 3.35. The Morgan fingerprint density at radius 2 is 1.84 bits per heavy atom. The third kappa shape index (κ3) is 2.53. The van der Waals surface area contributed by atoms with Crippen molar-refractivity contribution in [3.63, 3.8) is 0 Å². The fourth-order valence-corrected chi connectivity index (χ4v) is 3.35. The van der Waals surface area contributed by atoms with Crippen LogP contribution in [0.2, 0.25) is 0 Å². The average molecular weight is 331 g/mol. The minimum absolute atomic E-state index is 0.0876. The number of benzene rings is 1. The number of ether oxygens (including phenoxy) is 1. The van der Waals surface area contributed by atoms with Crippen molar-refractivity contribution in [1.29, 1.82) is 0 Å². The molecule has 1 saturated carbocycles. The SMILES string of the molecule is O[C@H]1C[C@H](Oc2ccc(-c3ccc4c(c3)[nH]c3ccncc34)cn2)C1. The first-order valence-corrected chi connectivity index (χ1v) is 8.43. The van der Waals surface area contributed by atoms with Crippen LogP contribution >= 0.6 is 0 Å². The number of rotatable bonds is 3. The van der Waals surface area contributed by atoms with Gasteiger partial charge in [0.25, 0.3) is 0 Å². The summed E-state index contributed by atoms with van der Waals surface area (Å²) in [6.07, 6.45) is 6.76. The number of hydrogen-bond donors (Lipinski definition) is 2. The van der Waals surface area contributed by atoms with Gasteiger partial charge in [0.05, 0.1) is 6.10 Å². The Morgan fingerprint density at radius 3 is 2.64 bits per heavy atom. The number of aliphatic hydroxyl groups excluding tert-OH is 1. The lowest BCUT2D eigenvalue weighted by molar-refractivity contribution is -0.0128. The van der Waals surface area contributed by atoms with Crippen LogP contribution in [0.3, 0.4) is 0 Å². The van der Waals surface area contributed by atoms with E-state index in [0.29, 0.717) is 18.7 Å². The van der Waals surface area contributed by atoms with Crippen molar-refractivity contribution < 1.29 is 9.84 Å². The van der Waals surface area contributed by atoms with Gasteiger partial charge in [-0.3, -0.25) is 4.98 Å². The highest BCUT2D eigenvalue weighted by atomic mass is 16.5. The molecule has 5 rings (SSSR count). The normalized spacial score (nSPS) is 19.9. The molecule has 2 N–H and O–H groups in total. The van der Waals surface area contributed by atoms with Crippen molar-refractivity contribution in [1.82, 2.24) is 15.0 Å². The molecule has 5 nitrogen and oxygen atoms in total. The van der Waals surface area contributed by atoms with Crippen LogP contribution in [0.5, 0.6) is 5.88 Å². The summed E-state index contributed by atoms with van der Waals surface area (Å²) in [5, 5.41) is 11.6. The molecule has 1 aliphatic rings. The highest BCUT2D eigenvalue weighted by Gasteiger charge is 2.29. The smallest absolute Gasteiger partial charge is 0.213 e. The third-order valence-corrected chi connectivity index (χ3v) is 4.83. The molecule has 3 aromatic heterocycles. The molecule has 0 aliphatic heterocycles. The topological polar surface area (TPSA) is 71.0 Å². The van der Waals surface area contributed by atoms with Crippen molar-refractivity contribution in [2.75, 3.05) is 0 Å². The predicted octanol–water partition coefficient (Wildman–Crippen LogP) is 3.68. The second kappa shape index (κ2) is 5.57. The Hall–Kier alpha value is -2.92. The first-order chi connectivity index (χ1) is 12.3. The van der Waals surface area contributed by atoms with Crippen molar-refractivity contribution in [3.05, 3.63) is 55.0 Å². The van der Waals surface area contributed by atoms with Gasteiger partial charge in [0.2, 0.25) is 5.88 Å². The van der Waals surface area contributed by atoms with Gasteiger partial charge in [-0.1, -0.05) is 12.1 Å². The first-order valence-electron chi connectivity index (χ1n) is 8.43. The molecular formula is C20H17N3O2. The average Bonchev–Trinajstić information content (AvgIpc) is 2.99. The number of pyridine rings is 2. The van der Waals surface area contributed by atoms with Gasteiger partial charge in [-0.2, -0.15) is 0 Å². The van der Waals surface area contributed by atoms with E-state index in [0.717, 1.165) is 27.5 Å². The largest absolute Gasteiger partial charge is 0.474 e. The number of aromatic amines is 1. The highest BCUT2D eigenvalue weighted by Crippen LogP contribution is 2.30. The molecule has 0 radical (unpaired) electrons. The van der Waals surface area contributed by atoms with Crippen molar-refractivity contribution in [2.24, 2.45) is 0 Å². The monoisotopic (exact) mass is 331 g/mol. The van der Waals surface area contributed by atoms with E-state index >= 15 is 0 Å². The minimum atomic E-state index is -0.220. The fraction of sp³-hybridized carbons (Fsp3) is 0.200. The van der Waals surface area contributed by atoms with E-state index in [-0.39, 0.29) is 12.2 Å². The molecule has 0 bridgehead atoms. The number of fused-ring (bicyclic) bond motifs is 3. The molecule has 1 fully saturated rings. The maximum absolute atomic E-state index is 9.32. The molecule has 124 valence electrons.